The molecule has 3 atom stereocenters. The summed E-state index contributed by atoms with van der Waals surface area (Å²) < 4.78 is 14.8. The second-order valence-corrected chi connectivity index (χ2v) is 8.05. The molecule has 4 heterocycles. The van der Waals surface area contributed by atoms with E-state index in [0.29, 0.717) is 42.4 Å². The van der Waals surface area contributed by atoms with E-state index in [-0.39, 0.29) is 23.8 Å². The van der Waals surface area contributed by atoms with Crippen molar-refractivity contribution < 1.29 is 9.50 Å². The van der Waals surface area contributed by atoms with Crippen LogP contribution in [0.25, 0.3) is 22.3 Å². The summed E-state index contributed by atoms with van der Waals surface area (Å²) in [6, 6.07) is 7.09. The van der Waals surface area contributed by atoms with Gasteiger partial charge in [-0.25, -0.2) is 14.4 Å². The first-order valence-electron chi connectivity index (χ1n) is 9.93. The Balaban J connectivity index is 1.77. The summed E-state index contributed by atoms with van der Waals surface area (Å²) in [7, 11) is 0. The number of piperidine rings is 1. The minimum Gasteiger partial charge on any atom is -0.392 e. The number of aliphatic hydroxyl groups excluding tert-OH is 1. The Bertz CT molecular complexity index is 1040. The molecule has 0 aliphatic carbocycles. The molecule has 29 heavy (non-hydrogen) atoms. The van der Waals surface area contributed by atoms with Crippen LogP contribution in [0.4, 0.5) is 10.2 Å². The number of hydrogen-bond donors (Lipinski definition) is 2. The number of nitrogens with zero attached hydrogens (tertiary/aromatic N) is 4. The lowest BCUT2D eigenvalue weighted by Gasteiger charge is -2.39. The second-order valence-electron chi connectivity index (χ2n) is 8.05. The van der Waals surface area contributed by atoms with Crippen LogP contribution in [0.3, 0.4) is 0 Å². The lowest BCUT2D eigenvalue weighted by molar-refractivity contribution is 0.0527. The van der Waals surface area contributed by atoms with Gasteiger partial charge in [0.2, 0.25) is 0 Å². The quantitative estimate of drug-likeness (QED) is 0.709. The lowest BCUT2D eigenvalue weighted by Crippen LogP contribution is -2.47. The number of pyridine rings is 3. The van der Waals surface area contributed by atoms with Crippen molar-refractivity contribution in [2.24, 2.45) is 17.6 Å². The number of hydrogen-bond acceptors (Lipinski definition) is 6. The minimum atomic E-state index is -0.353. The molecule has 0 bridgehead atoms. The van der Waals surface area contributed by atoms with E-state index in [1.807, 2.05) is 36.9 Å². The van der Waals surface area contributed by atoms with Crippen LogP contribution in [0.15, 0.2) is 30.5 Å². The molecular formula is C22H26FN5O. The maximum Gasteiger partial charge on any atom is 0.132 e. The van der Waals surface area contributed by atoms with Crippen LogP contribution in [0.1, 0.15) is 25.1 Å². The molecular weight excluding hydrogens is 369 g/mol. The van der Waals surface area contributed by atoms with Crippen LogP contribution >= 0.6 is 0 Å². The summed E-state index contributed by atoms with van der Waals surface area (Å²) >= 11 is 0. The Morgan fingerprint density at radius 3 is 2.59 bits per heavy atom. The largest absolute Gasteiger partial charge is 0.392 e. The predicted octanol–water partition coefficient (Wildman–Crippen LogP) is 3.05. The van der Waals surface area contributed by atoms with Gasteiger partial charge in [-0.3, -0.25) is 4.98 Å². The highest BCUT2D eigenvalue weighted by Gasteiger charge is 2.31. The molecule has 1 aliphatic heterocycles. The van der Waals surface area contributed by atoms with Crippen LogP contribution in [-0.4, -0.2) is 39.3 Å². The van der Waals surface area contributed by atoms with Crippen LogP contribution in [-0.2, 0) is 6.54 Å². The summed E-state index contributed by atoms with van der Waals surface area (Å²) in [6.45, 7) is 7.34. The van der Waals surface area contributed by atoms with Crippen molar-refractivity contribution in [2.75, 3.05) is 18.0 Å². The van der Waals surface area contributed by atoms with Gasteiger partial charge in [0.05, 0.1) is 28.7 Å². The highest BCUT2D eigenvalue weighted by atomic mass is 19.1. The lowest BCUT2D eigenvalue weighted by atomic mass is 9.88. The summed E-state index contributed by atoms with van der Waals surface area (Å²) in [5.74, 6) is 0.451. The molecule has 3 N–H and O–H groups in total. The van der Waals surface area contributed by atoms with Gasteiger partial charge in [-0.05, 0) is 37.0 Å². The average Bonchev–Trinajstić information content (AvgIpc) is 2.72. The van der Waals surface area contributed by atoms with E-state index in [0.717, 1.165) is 16.6 Å². The third kappa shape index (κ3) is 3.68. The topological polar surface area (TPSA) is 88.2 Å². The molecule has 0 spiro atoms. The van der Waals surface area contributed by atoms with Gasteiger partial charge < -0.3 is 15.7 Å². The predicted molar refractivity (Wildman–Crippen MR) is 112 cm³/mol. The van der Waals surface area contributed by atoms with Crippen molar-refractivity contribution in [1.29, 1.82) is 0 Å². The van der Waals surface area contributed by atoms with E-state index < -0.39 is 0 Å². The van der Waals surface area contributed by atoms with E-state index in [1.165, 1.54) is 6.07 Å². The summed E-state index contributed by atoms with van der Waals surface area (Å²) in [5.41, 5.74) is 8.81. The number of nitrogens with two attached hydrogens (primary N) is 1. The van der Waals surface area contributed by atoms with Crippen molar-refractivity contribution in [3.63, 3.8) is 0 Å². The summed E-state index contributed by atoms with van der Waals surface area (Å²) in [6.07, 6.45) is 1.39. The van der Waals surface area contributed by atoms with Gasteiger partial charge in [0.1, 0.15) is 11.6 Å². The van der Waals surface area contributed by atoms with Crippen LogP contribution in [0, 0.1) is 24.6 Å². The highest BCUT2D eigenvalue weighted by Crippen LogP contribution is 2.31. The van der Waals surface area contributed by atoms with Gasteiger partial charge in [0, 0.05) is 42.8 Å². The smallest absolute Gasteiger partial charge is 0.132 e. The second kappa shape index (κ2) is 7.65. The third-order valence-electron chi connectivity index (χ3n) is 5.78. The maximum atomic E-state index is 14.8. The van der Waals surface area contributed by atoms with E-state index in [2.05, 4.69) is 4.98 Å². The number of rotatable bonds is 3. The fraction of sp³-hybridized carbons (Fsp3) is 0.409. The first kappa shape index (κ1) is 19.7. The number of aliphatic hydroxyl groups is 1. The van der Waals surface area contributed by atoms with Crippen LogP contribution < -0.4 is 10.6 Å². The Kier molecular flexibility index (Phi) is 5.19. The van der Waals surface area contributed by atoms with Gasteiger partial charge >= 0.3 is 0 Å². The standard InChI is InChI=1S/C22H26FN5O/c1-12-10-28(11-13(2)22(12)29)20-7-17(23)14(3)21(27-20)18-5-4-15-9-25-16(8-24)6-19(15)26-18/h4-7,9,12-13,22,29H,8,10-11,24H2,1-3H3/t12-,13+,22?. The van der Waals surface area contributed by atoms with Gasteiger partial charge in [-0.2, -0.15) is 0 Å². The molecule has 1 aliphatic rings. The molecule has 6 nitrogen and oxygen atoms in total. The van der Waals surface area contributed by atoms with Gasteiger partial charge in [0.25, 0.3) is 0 Å². The maximum absolute atomic E-state index is 14.8. The molecule has 0 radical (unpaired) electrons. The van der Waals surface area contributed by atoms with E-state index in [9.17, 15) is 9.50 Å². The first-order chi connectivity index (χ1) is 13.9. The first-order valence-corrected chi connectivity index (χ1v) is 9.93. The van der Waals surface area contributed by atoms with Gasteiger partial charge in [-0.15, -0.1) is 0 Å². The molecule has 1 fully saturated rings. The molecule has 4 rings (SSSR count). The van der Waals surface area contributed by atoms with Crippen LogP contribution in [0.2, 0.25) is 0 Å². The van der Waals surface area contributed by atoms with Crippen LogP contribution in [0.5, 0.6) is 0 Å². The van der Waals surface area contributed by atoms with Gasteiger partial charge in [0.15, 0.2) is 0 Å². The summed E-state index contributed by atoms with van der Waals surface area (Å²) in [4.78, 5) is 15.8. The van der Waals surface area contributed by atoms with Crippen molar-refractivity contribution >= 4 is 16.7 Å². The third-order valence-corrected chi connectivity index (χ3v) is 5.78. The van der Waals surface area contributed by atoms with Crippen molar-refractivity contribution in [3.05, 3.63) is 47.5 Å². The molecule has 1 unspecified atom stereocenters. The Morgan fingerprint density at radius 1 is 1.17 bits per heavy atom. The number of anilines is 1. The van der Waals surface area contributed by atoms with Crippen molar-refractivity contribution in [1.82, 2.24) is 15.0 Å². The average molecular weight is 395 g/mol. The molecule has 152 valence electrons. The number of halogens is 1. The zero-order valence-electron chi connectivity index (χ0n) is 16.9. The molecule has 0 aromatic carbocycles. The molecule has 3 aromatic rings. The normalized spacial score (nSPS) is 22.3. The molecule has 3 aromatic heterocycles. The molecule has 0 amide bonds. The van der Waals surface area contributed by atoms with E-state index >= 15 is 0 Å². The Labute approximate surface area is 169 Å². The number of fused-ring (bicyclic) bond motifs is 1. The number of aromatic nitrogens is 3. The fourth-order valence-electron chi connectivity index (χ4n) is 4.01. The molecule has 7 heteroatoms. The van der Waals surface area contributed by atoms with E-state index in [1.54, 1.807) is 13.1 Å². The molecule has 1 saturated heterocycles. The zero-order valence-corrected chi connectivity index (χ0v) is 16.9. The van der Waals surface area contributed by atoms with E-state index in [4.69, 9.17) is 15.7 Å². The van der Waals surface area contributed by atoms with Crippen molar-refractivity contribution in [3.8, 4) is 11.4 Å². The Hall–Kier alpha value is -2.64. The van der Waals surface area contributed by atoms with Crippen molar-refractivity contribution in [2.45, 2.75) is 33.4 Å². The fourth-order valence-corrected chi connectivity index (χ4v) is 4.01. The summed E-state index contributed by atoms with van der Waals surface area (Å²) in [5, 5.41) is 11.1. The van der Waals surface area contributed by atoms with Gasteiger partial charge in [-0.1, -0.05) is 13.8 Å². The zero-order chi connectivity index (χ0) is 20.7. The highest BCUT2D eigenvalue weighted by molar-refractivity contribution is 5.81. The minimum absolute atomic E-state index is 0.0920. The molecule has 0 saturated carbocycles. The SMILES string of the molecule is Cc1c(F)cc(N2C[C@@H](C)C(O)[C@@H](C)C2)nc1-c1ccc2cnc(CN)cc2n1. The Morgan fingerprint density at radius 2 is 1.90 bits per heavy atom. The monoisotopic (exact) mass is 395 g/mol.